The van der Waals surface area contributed by atoms with Gasteiger partial charge in [-0.1, -0.05) is 76.5 Å². The Morgan fingerprint density at radius 1 is 0.917 bits per heavy atom. The number of carbonyl (C=O) groups is 1. The summed E-state index contributed by atoms with van der Waals surface area (Å²) in [5.74, 6) is 5.30. The van der Waals surface area contributed by atoms with Crippen LogP contribution in [0, 0.1) is 0 Å². The molecular weight excluding hydrogens is 477 g/mol. The lowest BCUT2D eigenvalue weighted by atomic mass is 9.99. The van der Waals surface area contributed by atoms with E-state index in [1.54, 1.807) is 0 Å². The number of benzene rings is 3. The van der Waals surface area contributed by atoms with Crippen molar-refractivity contribution >= 4 is 21.2 Å². The van der Waals surface area contributed by atoms with E-state index in [0.29, 0.717) is 24.6 Å². The molecule has 190 valence electrons. The van der Waals surface area contributed by atoms with Crippen molar-refractivity contribution in [3.63, 3.8) is 0 Å². The normalized spacial score (nSPS) is 12.3. The van der Waals surface area contributed by atoms with Crippen molar-refractivity contribution in [3.05, 3.63) is 78.4 Å². The van der Waals surface area contributed by atoms with Crippen molar-refractivity contribution in [3.8, 4) is 28.0 Å². The molecule has 0 saturated heterocycles. The maximum Gasteiger partial charge on any atom is 0.320 e. The first-order chi connectivity index (χ1) is 17.5. The van der Waals surface area contributed by atoms with Crippen molar-refractivity contribution in [2.24, 2.45) is 16.7 Å². The number of rotatable bonds is 14. The Kier molecular flexibility index (Phi) is 10.7. The van der Waals surface area contributed by atoms with Crippen LogP contribution in [0.4, 0.5) is 0 Å². The van der Waals surface area contributed by atoms with E-state index in [2.05, 4.69) is 49.2 Å². The lowest BCUT2D eigenvalue weighted by molar-refractivity contribution is -0.212. The average molecular weight is 510 g/mol. The number of aliphatic carboxylic acids is 1. The van der Waals surface area contributed by atoms with Crippen LogP contribution in [0.5, 0.6) is 5.75 Å². The Hall–Kier alpha value is -3.49. The van der Waals surface area contributed by atoms with Gasteiger partial charge in [0.1, 0.15) is 18.6 Å². The van der Waals surface area contributed by atoms with Crippen LogP contribution in [0.25, 0.3) is 22.3 Å². The third-order valence-corrected chi connectivity index (χ3v) is 6.04. The standard InChI is InChI=1S/C26H32N5O4P/c27-25(30-28)22-10-8-20(9-11-22)18-4-6-19(7-5-18)21-12-14-23(15-13-21)35-34-17-29-16-2-1-3-24(31-36)26(32)33/h4-15,24,29,31H,1-3,16-17,28,36H2,(H2,27,30)(H,32,33)/t24-/m0/s1. The van der Waals surface area contributed by atoms with Crippen LogP contribution in [-0.4, -0.2) is 36.2 Å². The third kappa shape index (κ3) is 8.03. The predicted octanol–water partition coefficient (Wildman–Crippen LogP) is 3.46. The smallest absolute Gasteiger partial charge is 0.320 e. The molecule has 0 fully saturated rings. The Labute approximate surface area is 213 Å². The monoisotopic (exact) mass is 509 g/mol. The summed E-state index contributed by atoms with van der Waals surface area (Å²) < 4.78 is 0. The van der Waals surface area contributed by atoms with Crippen LogP contribution in [0.2, 0.25) is 0 Å². The first-order valence-corrected chi connectivity index (χ1v) is 12.1. The number of hydrazone groups is 1. The van der Waals surface area contributed by atoms with Crippen LogP contribution in [0.15, 0.2) is 77.9 Å². The molecule has 0 radical (unpaired) electrons. The van der Waals surface area contributed by atoms with Gasteiger partial charge in [-0.25, -0.2) is 0 Å². The number of carboxylic acids is 1. The molecule has 1 unspecified atom stereocenters. The molecule has 0 amide bonds. The highest BCUT2D eigenvalue weighted by molar-refractivity contribution is 7.13. The van der Waals surface area contributed by atoms with Gasteiger partial charge < -0.3 is 21.6 Å². The van der Waals surface area contributed by atoms with Crippen molar-refractivity contribution in [1.82, 2.24) is 10.4 Å². The first-order valence-electron chi connectivity index (χ1n) is 11.6. The molecule has 0 spiro atoms. The van der Waals surface area contributed by atoms with E-state index in [0.717, 1.165) is 40.7 Å². The second-order valence-electron chi connectivity index (χ2n) is 8.09. The van der Waals surface area contributed by atoms with E-state index < -0.39 is 12.0 Å². The molecule has 3 aromatic rings. The summed E-state index contributed by atoms with van der Waals surface area (Å²) in [5, 5.41) is 18.3. The van der Waals surface area contributed by atoms with Crippen LogP contribution in [-0.2, 0) is 9.68 Å². The summed E-state index contributed by atoms with van der Waals surface area (Å²) in [6.45, 7) is 0.946. The highest BCUT2D eigenvalue weighted by Gasteiger charge is 2.13. The van der Waals surface area contributed by atoms with Crippen molar-refractivity contribution in [1.29, 1.82) is 0 Å². The molecule has 3 rings (SSSR count). The van der Waals surface area contributed by atoms with Gasteiger partial charge in [0.25, 0.3) is 0 Å². The Morgan fingerprint density at radius 3 is 1.94 bits per heavy atom. The van der Waals surface area contributed by atoms with Gasteiger partial charge in [-0.3, -0.25) is 15.2 Å². The zero-order valence-corrected chi connectivity index (χ0v) is 21.0. The van der Waals surface area contributed by atoms with Gasteiger partial charge in [0.15, 0.2) is 5.75 Å². The second kappa shape index (κ2) is 14.2. The number of nitrogens with zero attached hydrogens (tertiary/aromatic N) is 1. The number of unbranched alkanes of at least 4 members (excludes halogenated alkanes) is 1. The summed E-state index contributed by atoms with van der Waals surface area (Å²) in [4.78, 5) is 21.5. The van der Waals surface area contributed by atoms with Crippen LogP contribution in [0.1, 0.15) is 24.8 Å². The van der Waals surface area contributed by atoms with Crippen molar-refractivity contribution in [2.75, 3.05) is 13.3 Å². The van der Waals surface area contributed by atoms with E-state index in [4.69, 9.17) is 26.5 Å². The maximum absolute atomic E-state index is 10.9. The second-order valence-corrected chi connectivity index (χ2v) is 8.43. The van der Waals surface area contributed by atoms with Gasteiger partial charge in [-0.2, -0.15) is 9.99 Å². The van der Waals surface area contributed by atoms with Gasteiger partial charge in [0.2, 0.25) is 0 Å². The fourth-order valence-electron chi connectivity index (χ4n) is 3.55. The largest absolute Gasteiger partial charge is 0.480 e. The highest BCUT2D eigenvalue weighted by atomic mass is 31.0. The topological polar surface area (TPSA) is 144 Å². The summed E-state index contributed by atoms with van der Waals surface area (Å²) in [6.07, 6.45) is 2.21. The van der Waals surface area contributed by atoms with Gasteiger partial charge in [0, 0.05) is 5.56 Å². The molecule has 0 heterocycles. The first kappa shape index (κ1) is 27.1. The molecule has 0 aliphatic heterocycles. The summed E-state index contributed by atoms with van der Waals surface area (Å²) in [5.41, 5.74) is 10.9. The number of carboxylic acid groups (broad SMARTS) is 1. The van der Waals surface area contributed by atoms with Gasteiger partial charge in [-0.05, 0) is 53.8 Å². The van der Waals surface area contributed by atoms with Crippen LogP contribution in [0.3, 0.4) is 0 Å². The van der Waals surface area contributed by atoms with E-state index in [9.17, 15) is 4.79 Å². The highest BCUT2D eigenvalue weighted by Crippen LogP contribution is 2.26. The number of nitrogens with one attached hydrogen (secondary N) is 2. The van der Waals surface area contributed by atoms with Gasteiger partial charge in [0.05, 0.1) is 0 Å². The lowest BCUT2D eigenvalue weighted by Gasteiger charge is -2.11. The molecule has 0 aliphatic rings. The molecular formula is C26H32N5O4P. The minimum absolute atomic E-state index is 0.236. The van der Waals surface area contributed by atoms with E-state index in [1.807, 2.05) is 48.5 Å². The van der Waals surface area contributed by atoms with Crippen LogP contribution < -0.4 is 26.9 Å². The quantitative estimate of drug-likeness (QED) is 0.0325. The fraction of sp³-hybridized carbons (Fsp3) is 0.231. The van der Waals surface area contributed by atoms with E-state index >= 15 is 0 Å². The number of nitrogens with two attached hydrogens (primary N) is 2. The summed E-state index contributed by atoms with van der Waals surface area (Å²) in [7, 11) is 2.25. The zero-order chi connectivity index (χ0) is 25.8. The molecule has 0 aromatic heterocycles. The Bertz CT molecular complexity index is 1120. The number of amidine groups is 1. The zero-order valence-electron chi connectivity index (χ0n) is 19.9. The molecule has 3 aromatic carbocycles. The van der Waals surface area contributed by atoms with Crippen molar-refractivity contribution in [2.45, 2.75) is 25.3 Å². The summed E-state index contributed by atoms with van der Waals surface area (Å²) >= 11 is 0. The predicted molar refractivity (Wildman–Crippen MR) is 145 cm³/mol. The Balaban J connectivity index is 1.41. The summed E-state index contributed by atoms with van der Waals surface area (Å²) in [6, 6.07) is 23.2. The number of hydrogen-bond donors (Lipinski definition) is 5. The van der Waals surface area contributed by atoms with Crippen LogP contribution >= 0.6 is 9.39 Å². The molecule has 2 atom stereocenters. The fourth-order valence-corrected chi connectivity index (χ4v) is 3.86. The molecule has 0 aliphatic carbocycles. The molecule has 10 heteroatoms. The van der Waals surface area contributed by atoms with Gasteiger partial charge in [-0.15, -0.1) is 0 Å². The Morgan fingerprint density at radius 2 is 1.44 bits per heavy atom. The molecule has 9 nitrogen and oxygen atoms in total. The third-order valence-electron chi connectivity index (χ3n) is 5.64. The van der Waals surface area contributed by atoms with E-state index in [-0.39, 0.29) is 6.73 Å². The minimum Gasteiger partial charge on any atom is -0.480 e. The molecule has 0 bridgehead atoms. The molecule has 36 heavy (non-hydrogen) atoms. The SMILES string of the molecule is N/N=C(\N)c1ccc(-c2ccc(-c3ccc(OOCNCCCC[C@H](NP)C(=O)O)cc3)cc2)cc1. The minimum atomic E-state index is -0.843. The molecule has 0 saturated carbocycles. The average Bonchev–Trinajstić information content (AvgIpc) is 2.92. The number of hydrogen-bond acceptors (Lipinski definition) is 7. The molecule has 7 N–H and O–H groups in total. The van der Waals surface area contributed by atoms with Crippen molar-refractivity contribution < 1.29 is 19.7 Å². The lowest BCUT2D eigenvalue weighted by Crippen LogP contribution is -2.30. The van der Waals surface area contributed by atoms with E-state index in [1.165, 1.54) is 0 Å². The maximum atomic E-state index is 10.9. The van der Waals surface area contributed by atoms with Gasteiger partial charge >= 0.3 is 5.97 Å².